The summed E-state index contributed by atoms with van der Waals surface area (Å²) in [5.74, 6) is -0.285. The van der Waals surface area contributed by atoms with E-state index in [1.54, 1.807) is 36.4 Å². The summed E-state index contributed by atoms with van der Waals surface area (Å²) in [6.07, 6.45) is -2.55. The molecule has 0 amide bonds. The first kappa shape index (κ1) is 24.6. The van der Waals surface area contributed by atoms with Gasteiger partial charge in [0.1, 0.15) is 0 Å². The van der Waals surface area contributed by atoms with E-state index in [0.717, 1.165) is 17.7 Å². The van der Waals surface area contributed by atoms with Gasteiger partial charge in [-0.05, 0) is 41.8 Å². The van der Waals surface area contributed by atoms with E-state index >= 15 is 0 Å². The van der Waals surface area contributed by atoms with Crippen LogP contribution >= 0.6 is 0 Å². The fourth-order valence-corrected chi connectivity index (χ4v) is 4.39. The first-order chi connectivity index (χ1) is 16.5. The fraction of sp³-hybridized carbons (Fsp3) is 0.160. The lowest BCUT2D eigenvalue weighted by Gasteiger charge is -2.18. The highest BCUT2D eigenvalue weighted by Gasteiger charge is 2.31. The van der Waals surface area contributed by atoms with Crippen LogP contribution in [0.25, 0.3) is 10.9 Å². The number of aromatic nitrogens is 1. The molecule has 0 bridgehead atoms. The van der Waals surface area contributed by atoms with Gasteiger partial charge < -0.3 is 10.3 Å². The van der Waals surface area contributed by atoms with E-state index in [1.165, 1.54) is 24.4 Å². The highest BCUT2D eigenvalue weighted by Crippen LogP contribution is 2.33. The Hall–Kier alpha value is -3.47. The zero-order chi connectivity index (χ0) is 25.2. The Labute approximate surface area is 200 Å². The molecule has 0 saturated carbocycles. The molecule has 0 spiro atoms. The molecular formula is C25H22F3N3O3S. The van der Waals surface area contributed by atoms with Crippen LogP contribution in [0, 0.1) is 0 Å². The lowest BCUT2D eigenvalue weighted by molar-refractivity contribution is -0.137. The van der Waals surface area contributed by atoms with Gasteiger partial charge in [0.25, 0.3) is 0 Å². The van der Waals surface area contributed by atoms with Crippen molar-refractivity contribution in [1.29, 1.82) is 0 Å². The highest BCUT2D eigenvalue weighted by molar-refractivity contribution is 7.89. The van der Waals surface area contributed by atoms with Crippen LogP contribution < -0.4 is 10.5 Å². The number of aromatic amines is 1. The molecule has 0 aliphatic carbocycles. The molecular weight excluding hydrogens is 479 g/mol. The first-order valence-corrected chi connectivity index (χ1v) is 12.2. The zero-order valence-electron chi connectivity index (χ0n) is 18.3. The van der Waals surface area contributed by atoms with Gasteiger partial charge in [0.15, 0.2) is 5.78 Å². The number of hydrogen-bond acceptors (Lipinski definition) is 4. The third-order valence-electron chi connectivity index (χ3n) is 5.68. The second kappa shape index (κ2) is 9.65. The van der Waals surface area contributed by atoms with Gasteiger partial charge in [-0.2, -0.15) is 13.2 Å². The number of ketones is 1. The number of hydrogen-bond donors (Lipinski definition) is 3. The smallest absolute Gasteiger partial charge is 0.360 e. The number of alkyl halides is 3. The Bertz CT molecular complexity index is 1450. The number of H-pyrrole nitrogens is 1. The minimum absolute atomic E-state index is 0.0135. The molecule has 4 N–H and O–H groups in total. The largest absolute Gasteiger partial charge is 0.416 e. The summed E-state index contributed by atoms with van der Waals surface area (Å²) < 4.78 is 62.0. The third kappa shape index (κ3) is 5.61. The zero-order valence-corrected chi connectivity index (χ0v) is 19.2. The number of carbonyl (C=O) groups is 1. The monoisotopic (exact) mass is 501 g/mol. The molecule has 182 valence electrons. The van der Waals surface area contributed by atoms with Gasteiger partial charge in [0.05, 0.1) is 16.5 Å². The number of nitrogens with one attached hydrogen (secondary N) is 2. The number of fused-ring (bicyclic) bond motifs is 1. The minimum Gasteiger partial charge on any atom is -0.360 e. The number of nitrogens with two attached hydrogens (primary N) is 1. The van der Waals surface area contributed by atoms with Crippen LogP contribution in [0.5, 0.6) is 0 Å². The lowest BCUT2D eigenvalue weighted by Crippen LogP contribution is -2.30. The first-order valence-electron chi connectivity index (χ1n) is 10.7. The third-order valence-corrected chi connectivity index (χ3v) is 6.61. The molecule has 6 nitrogen and oxygen atoms in total. The summed E-state index contributed by atoms with van der Waals surface area (Å²) in [5.41, 5.74) is 1.27. The summed E-state index contributed by atoms with van der Waals surface area (Å²) in [5, 5.41) is 8.76. The molecule has 4 rings (SSSR count). The van der Waals surface area contributed by atoms with Crippen LogP contribution in [-0.2, 0) is 22.6 Å². The molecule has 3 aromatic carbocycles. The maximum absolute atomic E-state index is 13.5. The van der Waals surface area contributed by atoms with Crippen molar-refractivity contribution in [3.63, 3.8) is 0 Å². The van der Waals surface area contributed by atoms with Gasteiger partial charge in [-0.25, -0.2) is 13.6 Å². The van der Waals surface area contributed by atoms with Gasteiger partial charge in [0, 0.05) is 29.2 Å². The second-order valence-corrected chi connectivity index (χ2v) is 9.62. The fourth-order valence-electron chi connectivity index (χ4n) is 3.88. The summed E-state index contributed by atoms with van der Waals surface area (Å²) in [6, 6.07) is 17.7. The Morgan fingerprint density at radius 3 is 2.31 bits per heavy atom. The summed E-state index contributed by atoms with van der Waals surface area (Å²) in [7, 11) is -3.78. The quantitative estimate of drug-likeness (QED) is 0.307. The Kier molecular flexibility index (Phi) is 6.79. The van der Waals surface area contributed by atoms with Gasteiger partial charge >= 0.3 is 6.18 Å². The molecule has 1 heterocycles. The number of carbonyl (C=O) groups excluding carboxylic acids is 1. The van der Waals surface area contributed by atoms with Gasteiger partial charge in [-0.1, -0.05) is 48.5 Å². The van der Waals surface area contributed by atoms with E-state index in [2.05, 4.69) is 10.3 Å². The maximum atomic E-state index is 13.5. The number of primary sulfonamides is 1. The van der Waals surface area contributed by atoms with Crippen molar-refractivity contribution >= 4 is 26.7 Å². The standard InChI is InChI=1S/C25H22F3N3O3S/c26-25(27,28)18-8-11-20-21(15-31-22(20)14-18)24(32)23(17-4-2-1-3-5-17)30-13-12-16-6-9-19(10-7-16)35(29,33)34/h1-11,14-15,23,30-31H,12-13H2,(H2,29,33,34)/t23-/m0/s1. The minimum atomic E-state index is -4.48. The molecule has 0 saturated heterocycles. The van der Waals surface area contributed by atoms with Gasteiger partial charge in [-0.3, -0.25) is 4.79 Å². The van der Waals surface area contributed by atoms with E-state index in [0.29, 0.717) is 23.9 Å². The number of rotatable bonds is 8. The van der Waals surface area contributed by atoms with Crippen molar-refractivity contribution < 1.29 is 26.4 Å². The lowest BCUT2D eigenvalue weighted by atomic mass is 9.96. The van der Waals surface area contributed by atoms with Crippen molar-refractivity contribution in [2.24, 2.45) is 5.14 Å². The van der Waals surface area contributed by atoms with Crippen LogP contribution in [0.1, 0.15) is 33.1 Å². The molecule has 10 heteroatoms. The van der Waals surface area contributed by atoms with Crippen LogP contribution in [0.2, 0.25) is 0 Å². The highest BCUT2D eigenvalue weighted by atomic mass is 32.2. The Balaban J connectivity index is 1.56. The molecule has 0 aliphatic rings. The van der Waals surface area contributed by atoms with Crippen LogP contribution in [-0.4, -0.2) is 25.7 Å². The Morgan fingerprint density at radius 1 is 1.00 bits per heavy atom. The van der Waals surface area contributed by atoms with Crippen molar-refractivity contribution in [3.05, 3.63) is 101 Å². The maximum Gasteiger partial charge on any atom is 0.416 e. The predicted octanol–water partition coefficient (Wildman–Crippen LogP) is 4.59. The van der Waals surface area contributed by atoms with E-state index in [4.69, 9.17) is 5.14 Å². The van der Waals surface area contributed by atoms with Crippen molar-refractivity contribution in [2.75, 3.05) is 6.54 Å². The van der Waals surface area contributed by atoms with Gasteiger partial charge in [0.2, 0.25) is 10.0 Å². The topological polar surface area (TPSA) is 105 Å². The van der Waals surface area contributed by atoms with Crippen molar-refractivity contribution in [1.82, 2.24) is 10.3 Å². The predicted molar refractivity (Wildman–Crippen MR) is 126 cm³/mol. The second-order valence-electron chi connectivity index (χ2n) is 8.06. The van der Waals surface area contributed by atoms with E-state index in [9.17, 15) is 26.4 Å². The number of sulfonamides is 1. The summed E-state index contributed by atoms with van der Waals surface area (Å²) >= 11 is 0. The number of benzene rings is 3. The average Bonchev–Trinajstić information content (AvgIpc) is 3.25. The SMILES string of the molecule is NS(=O)(=O)c1ccc(CCN[C@H](C(=O)c2c[nH]c3cc(C(F)(F)F)ccc23)c2ccccc2)cc1. The molecule has 4 aromatic rings. The number of halogens is 3. The molecule has 0 unspecified atom stereocenters. The molecule has 0 fully saturated rings. The van der Waals surface area contributed by atoms with Crippen LogP contribution in [0.4, 0.5) is 13.2 Å². The molecule has 0 aliphatic heterocycles. The number of Topliss-reactive ketones (excluding diaryl/α,β-unsaturated/α-hetero) is 1. The van der Waals surface area contributed by atoms with E-state index in [1.807, 2.05) is 6.07 Å². The molecule has 1 aromatic heterocycles. The summed E-state index contributed by atoms with van der Waals surface area (Å²) in [4.78, 5) is 16.3. The molecule has 35 heavy (non-hydrogen) atoms. The normalized spacial score (nSPS) is 13.1. The van der Waals surface area contributed by atoms with Crippen LogP contribution in [0.15, 0.2) is 83.9 Å². The summed E-state index contributed by atoms with van der Waals surface area (Å²) in [6.45, 7) is 0.389. The molecule has 1 atom stereocenters. The van der Waals surface area contributed by atoms with E-state index in [-0.39, 0.29) is 21.8 Å². The van der Waals surface area contributed by atoms with Gasteiger partial charge in [-0.15, -0.1) is 0 Å². The van der Waals surface area contributed by atoms with Crippen molar-refractivity contribution in [3.8, 4) is 0 Å². The van der Waals surface area contributed by atoms with Crippen molar-refractivity contribution in [2.45, 2.75) is 23.5 Å². The average molecular weight is 502 g/mol. The Morgan fingerprint density at radius 2 is 1.69 bits per heavy atom. The van der Waals surface area contributed by atoms with Crippen LogP contribution in [0.3, 0.4) is 0 Å². The van der Waals surface area contributed by atoms with E-state index < -0.39 is 27.8 Å². The molecule has 0 radical (unpaired) electrons.